The van der Waals surface area contributed by atoms with Crippen molar-refractivity contribution >= 4 is 17.5 Å². The number of nitrogens with one attached hydrogen (secondary N) is 2. The van der Waals surface area contributed by atoms with Gasteiger partial charge in [-0.05, 0) is 81.3 Å². The predicted octanol–water partition coefficient (Wildman–Crippen LogP) is 6.60. The number of carbonyl (C=O) groups is 2. The van der Waals surface area contributed by atoms with Gasteiger partial charge in [0, 0.05) is 48.5 Å². The van der Waals surface area contributed by atoms with Crippen molar-refractivity contribution in [2.75, 3.05) is 25.0 Å². The standard InChI is InChI=1S/C26H32FN3O2.C7H10N2/c1-18(2)26(19(3)31)21-8-4-7-20(15-21)22-11-12-24(28-16-22)29-25(32)10-6-14-30-13-5-9-23(27)17-30;1-5-4-7(9-8-5)6-2-3-6/h4,6-8,10-12,15-16,18,23,26H,5,9,13-14,17H2,1-3H3,(H,28,29,32);4,6H,2-3H2,1H3,(H,8,9)/b10-6+;. The first-order chi connectivity index (χ1) is 19.7. The van der Waals surface area contributed by atoms with Gasteiger partial charge >= 0.3 is 0 Å². The average molecular weight is 560 g/mol. The normalized spacial score (nSPS) is 18.1. The molecule has 218 valence electrons. The van der Waals surface area contributed by atoms with E-state index in [9.17, 15) is 14.0 Å². The molecule has 3 aromatic rings. The number of halogens is 1. The number of carbonyl (C=O) groups excluding carboxylic acids is 2. The van der Waals surface area contributed by atoms with Crippen molar-refractivity contribution in [3.63, 3.8) is 0 Å². The number of piperidine rings is 1. The third kappa shape index (κ3) is 9.18. The Hall–Kier alpha value is -3.65. The number of rotatable bonds is 9. The lowest BCUT2D eigenvalue weighted by atomic mass is 9.84. The van der Waals surface area contributed by atoms with Gasteiger partial charge in [0.25, 0.3) is 0 Å². The summed E-state index contributed by atoms with van der Waals surface area (Å²) in [5.41, 5.74) is 5.33. The number of aryl methyl sites for hydroxylation is 1. The number of amides is 1. The molecule has 1 aromatic carbocycles. The quantitative estimate of drug-likeness (QED) is 0.288. The van der Waals surface area contributed by atoms with Gasteiger partial charge in [-0.15, -0.1) is 0 Å². The molecule has 0 spiro atoms. The van der Waals surface area contributed by atoms with Crippen molar-refractivity contribution in [2.45, 2.75) is 71.4 Å². The van der Waals surface area contributed by atoms with Crippen LogP contribution in [0.25, 0.3) is 11.1 Å². The Morgan fingerprint density at radius 1 is 1.15 bits per heavy atom. The molecule has 41 heavy (non-hydrogen) atoms. The number of hydrogen-bond acceptors (Lipinski definition) is 5. The minimum atomic E-state index is -0.770. The number of pyridine rings is 1. The van der Waals surface area contributed by atoms with E-state index < -0.39 is 6.17 Å². The maximum absolute atomic E-state index is 13.4. The van der Waals surface area contributed by atoms with Crippen molar-refractivity contribution < 1.29 is 14.0 Å². The molecular formula is C33H42FN5O2. The SMILES string of the molecule is CC(=O)C(c1cccc(-c2ccc(NC(=O)/C=C/CN3CCCC(F)C3)nc2)c1)C(C)C.Cc1cc(C2CC2)n[nH]1. The monoisotopic (exact) mass is 559 g/mol. The highest BCUT2D eigenvalue weighted by Crippen LogP contribution is 2.38. The Bertz CT molecular complexity index is 1330. The van der Waals surface area contributed by atoms with Crippen LogP contribution in [0.1, 0.15) is 75.2 Å². The van der Waals surface area contributed by atoms with E-state index in [-0.39, 0.29) is 23.5 Å². The van der Waals surface area contributed by atoms with Crippen LogP contribution in [0.4, 0.5) is 10.2 Å². The van der Waals surface area contributed by atoms with Crippen molar-refractivity contribution in [1.82, 2.24) is 20.1 Å². The van der Waals surface area contributed by atoms with Gasteiger partial charge < -0.3 is 5.32 Å². The lowest BCUT2D eigenvalue weighted by Gasteiger charge is -2.27. The summed E-state index contributed by atoms with van der Waals surface area (Å²) in [6, 6.07) is 13.8. The zero-order valence-corrected chi connectivity index (χ0v) is 24.6. The minimum absolute atomic E-state index is 0.131. The Labute approximate surface area is 242 Å². The summed E-state index contributed by atoms with van der Waals surface area (Å²) in [7, 11) is 0. The number of ketones is 1. The molecule has 1 aliphatic heterocycles. The molecule has 1 saturated carbocycles. The van der Waals surface area contributed by atoms with Crippen LogP contribution in [-0.2, 0) is 9.59 Å². The summed E-state index contributed by atoms with van der Waals surface area (Å²) in [5, 5.41) is 9.85. The molecule has 8 heteroatoms. The molecule has 7 nitrogen and oxygen atoms in total. The predicted molar refractivity (Wildman–Crippen MR) is 162 cm³/mol. The van der Waals surface area contributed by atoms with Gasteiger partial charge in [-0.3, -0.25) is 19.6 Å². The zero-order chi connectivity index (χ0) is 29.4. The first-order valence-corrected chi connectivity index (χ1v) is 14.6. The molecule has 1 saturated heterocycles. The molecule has 2 atom stereocenters. The van der Waals surface area contributed by atoms with E-state index in [1.54, 1.807) is 25.3 Å². The van der Waals surface area contributed by atoms with E-state index in [0.29, 0.717) is 25.3 Å². The third-order valence-corrected chi connectivity index (χ3v) is 7.50. The number of Topliss-reactive ketones (excluding diaryl/α,β-unsaturated/α-hetero) is 1. The molecule has 2 N–H and O–H groups in total. The van der Waals surface area contributed by atoms with Crippen LogP contribution in [0.5, 0.6) is 0 Å². The largest absolute Gasteiger partial charge is 0.307 e. The molecule has 2 fully saturated rings. The lowest BCUT2D eigenvalue weighted by molar-refractivity contribution is -0.119. The number of aromatic nitrogens is 3. The molecule has 0 radical (unpaired) electrons. The number of H-pyrrole nitrogens is 1. The summed E-state index contributed by atoms with van der Waals surface area (Å²) in [6.07, 6.45) is 8.32. The summed E-state index contributed by atoms with van der Waals surface area (Å²) in [5.74, 6) is 1.24. The fourth-order valence-electron chi connectivity index (χ4n) is 5.31. The van der Waals surface area contributed by atoms with Crippen molar-refractivity contribution in [2.24, 2.45) is 5.92 Å². The maximum Gasteiger partial charge on any atom is 0.249 e. The highest BCUT2D eigenvalue weighted by molar-refractivity contribution is 5.98. The maximum atomic E-state index is 13.4. The molecular weight excluding hydrogens is 517 g/mol. The molecule has 3 heterocycles. The van der Waals surface area contributed by atoms with Crippen LogP contribution in [0.3, 0.4) is 0 Å². The minimum Gasteiger partial charge on any atom is -0.307 e. The molecule has 0 bridgehead atoms. The Morgan fingerprint density at radius 3 is 2.56 bits per heavy atom. The van der Waals surface area contributed by atoms with Gasteiger partial charge in [-0.25, -0.2) is 9.37 Å². The van der Waals surface area contributed by atoms with Crippen LogP contribution in [0.15, 0.2) is 60.8 Å². The molecule has 1 amide bonds. The van der Waals surface area contributed by atoms with Gasteiger partial charge in [0.05, 0.1) is 5.69 Å². The van der Waals surface area contributed by atoms with E-state index in [0.717, 1.165) is 35.6 Å². The second-order valence-corrected chi connectivity index (χ2v) is 11.5. The first kappa shape index (κ1) is 30.3. The molecule has 5 rings (SSSR count). The first-order valence-electron chi connectivity index (χ1n) is 14.6. The van der Waals surface area contributed by atoms with Gasteiger partial charge in [0.15, 0.2) is 0 Å². The second kappa shape index (κ2) is 14.3. The fraction of sp³-hybridized carbons (Fsp3) is 0.455. The van der Waals surface area contributed by atoms with E-state index in [1.165, 1.54) is 30.3 Å². The third-order valence-electron chi connectivity index (χ3n) is 7.50. The Morgan fingerprint density at radius 2 is 1.95 bits per heavy atom. The number of nitrogens with zero attached hydrogens (tertiary/aromatic N) is 3. The number of alkyl halides is 1. The second-order valence-electron chi connectivity index (χ2n) is 11.5. The number of hydrogen-bond donors (Lipinski definition) is 2. The fourth-order valence-corrected chi connectivity index (χ4v) is 5.31. The van der Waals surface area contributed by atoms with Gasteiger partial charge in [-0.1, -0.05) is 44.2 Å². The number of anilines is 1. The summed E-state index contributed by atoms with van der Waals surface area (Å²) < 4.78 is 13.4. The van der Waals surface area contributed by atoms with Gasteiger partial charge in [0.1, 0.15) is 17.8 Å². The number of aromatic amines is 1. The summed E-state index contributed by atoms with van der Waals surface area (Å²) in [6.45, 7) is 9.64. The van der Waals surface area contributed by atoms with Gasteiger partial charge in [0.2, 0.25) is 5.91 Å². The van der Waals surface area contributed by atoms with Gasteiger partial charge in [-0.2, -0.15) is 5.10 Å². The Balaban J connectivity index is 0.000000360. The number of likely N-dealkylation sites (tertiary alicyclic amines) is 1. The highest BCUT2D eigenvalue weighted by Gasteiger charge is 2.25. The van der Waals surface area contributed by atoms with E-state index in [2.05, 4.69) is 40.4 Å². The van der Waals surface area contributed by atoms with Crippen LogP contribution < -0.4 is 5.32 Å². The highest BCUT2D eigenvalue weighted by atomic mass is 19.1. The number of benzene rings is 1. The van der Waals surface area contributed by atoms with Crippen molar-refractivity contribution in [3.8, 4) is 11.1 Å². The van der Waals surface area contributed by atoms with Crippen molar-refractivity contribution in [1.29, 1.82) is 0 Å². The molecule has 2 aliphatic rings. The lowest BCUT2D eigenvalue weighted by Crippen LogP contribution is -2.36. The van der Waals surface area contributed by atoms with Crippen LogP contribution in [0.2, 0.25) is 0 Å². The van der Waals surface area contributed by atoms with Crippen molar-refractivity contribution in [3.05, 3.63) is 77.8 Å². The van der Waals surface area contributed by atoms with Crippen LogP contribution in [-0.4, -0.2) is 57.6 Å². The smallest absolute Gasteiger partial charge is 0.249 e. The Kier molecular flexibility index (Phi) is 10.6. The van der Waals surface area contributed by atoms with Crippen LogP contribution >= 0.6 is 0 Å². The summed E-state index contributed by atoms with van der Waals surface area (Å²) in [4.78, 5) is 30.6. The van der Waals surface area contributed by atoms with E-state index in [4.69, 9.17) is 0 Å². The van der Waals surface area contributed by atoms with E-state index >= 15 is 0 Å². The molecule has 2 unspecified atom stereocenters. The van der Waals surface area contributed by atoms with Crippen LogP contribution in [0, 0.1) is 12.8 Å². The molecule has 2 aromatic heterocycles. The zero-order valence-electron chi connectivity index (χ0n) is 24.6. The summed E-state index contributed by atoms with van der Waals surface area (Å²) >= 11 is 0. The van der Waals surface area contributed by atoms with E-state index in [1.807, 2.05) is 42.2 Å². The molecule has 1 aliphatic carbocycles. The average Bonchev–Trinajstić information content (AvgIpc) is 3.69. The topological polar surface area (TPSA) is 91.0 Å².